The number of allylic oxidation sites excluding steroid dienone is 2. The molecule has 8 rings (SSSR count). The molecule has 0 spiro atoms. The Hall–Kier alpha value is -5.67. The number of ether oxygens (including phenoxy) is 2. The Kier molecular flexibility index (Phi) is 8.49. The van der Waals surface area contributed by atoms with Crippen molar-refractivity contribution < 1.29 is 33.8 Å². The first-order chi connectivity index (χ1) is 25.6. The van der Waals surface area contributed by atoms with E-state index in [0.717, 1.165) is 16.7 Å². The normalized spacial score (nSPS) is 26.4. The molecule has 53 heavy (non-hydrogen) atoms. The van der Waals surface area contributed by atoms with Gasteiger partial charge in [0.15, 0.2) is 0 Å². The fraction of sp³-hybridized carbons (Fsp3) is 0.256. The van der Waals surface area contributed by atoms with E-state index in [4.69, 9.17) is 21.1 Å². The number of hydrogen-bond donors (Lipinski definition) is 1. The summed E-state index contributed by atoms with van der Waals surface area (Å²) in [4.78, 5) is 60.0. The molecule has 3 fully saturated rings. The number of imide groups is 2. The van der Waals surface area contributed by atoms with Gasteiger partial charge in [0.2, 0.25) is 23.6 Å². The highest BCUT2D eigenvalue weighted by Gasteiger charge is 2.67. The van der Waals surface area contributed by atoms with Gasteiger partial charge in [0, 0.05) is 16.5 Å². The second-order valence-corrected chi connectivity index (χ2v) is 14.7. The van der Waals surface area contributed by atoms with E-state index in [9.17, 15) is 24.3 Å². The van der Waals surface area contributed by atoms with Gasteiger partial charge >= 0.3 is 0 Å². The predicted molar refractivity (Wildman–Crippen MR) is 202 cm³/mol. The zero-order valence-electron chi connectivity index (χ0n) is 29.4. The Bertz CT molecular complexity index is 2230. The fourth-order valence-corrected chi connectivity index (χ4v) is 9.36. The number of carbonyl (C=O) groups excluding carboxylic acids is 4. The Morgan fingerprint density at radius 2 is 1.53 bits per heavy atom. The molecule has 0 aromatic heterocycles. The summed E-state index contributed by atoms with van der Waals surface area (Å²) < 4.78 is 10.8. The Balaban J connectivity index is 1.14. The third kappa shape index (κ3) is 5.36. The van der Waals surface area contributed by atoms with Crippen molar-refractivity contribution in [3.05, 3.63) is 124 Å². The van der Waals surface area contributed by atoms with Gasteiger partial charge in [0.05, 0.1) is 48.8 Å². The lowest BCUT2D eigenvalue weighted by atomic mass is 9.51. The van der Waals surface area contributed by atoms with Gasteiger partial charge < -0.3 is 14.6 Å². The molecule has 6 atom stereocenters. The molecule has 10 heteroatoms. The maximum atomic E-state index is 14.5. The van der Waals surface area contributed by atoms with Crippen LogP contribution in [0.5, 0.6) is 17.2 Å². The van der Waals surface area contributed by atoms with Crippen molar-refractivity contribution in [3.8, 4) is 17.2 Å². The summed E-state index contributed by atoms with van der Waals surface area (Å²) in [5.41, 5.74) is 2.81. The average molecular weight is 729 g/mol. The van der Waals surface area contributed by atoms with Crippen molar-refractivity contribution in [2.24, 2.45) is 29.1 Å². The number of phenolic OH excluding ortho intramolecular Hbond substituents is 1. The largest absolute Gasteiger partial charge is 0.508 e. The van der Waals surface area contributed by atoms with Gasteiger partial charge in [-0.2, -0.15) is 0 Å². The summed E-state index contributed by atoms with van der Waals surface area (Å²) in [6.45, 7) is 1.81. The number of methoxy groups -OCH3 is 2. The molecular formula is C43H37ClN2O7. The first kappa shape index (κ1) is 34.4. The van der Waals surface area contributed by atoms with Crippen molar-refractivity contribution in [1.82, 2.24) is 0 Å². The van der Waals surface area contributed by atoms with E-state index in [0.29, 0.717) is 34.9 Å². The van der Waals surface area contributed by atoms with Crippen LogP contribution in [-0.2, 0) is 19.2 Å². The Labute approximate surface area is 312 Å². The molecule has 4 aliphatic rings. The van der Waals surface area contributed by atoms with Gasteiger partial charge in [-0.05, 0) is 91.4 Å². The first-order valence-electron chi connectivity index (χ1n) is 17.6. The summed E-state index contributed by atoms with van der Waals surface area (Å²) >= 11 is 6.81. The van der Waals surface area contributed by atoms with E-state index in [1.165, 1.54) is 21.9 Å². The van der Waals surface area contributed by atoms with Crippen LogP contribution in [0.15, 0.2) is 103 Å². The number of fused-ring (bicyclic) bond motifs is 4. The van der Waals surface area contributed by atoms with Crippen molar-refractivity contribution in [3.63, 3.8) is 0 Å². The number of para-hydroxylation sites is 1. The van der Waals surface area contributed by atoms with Crippen LogP contribution in [-0.4, -0.2) is 43.0 Å². The van der Waals surface area contributed by atoms with E-state index in [1.54, 1.807) is 56.7 Å². The minimum absolute atomic E-state index is 0.0287. The molecule has 2 aliphatic heterocycles. The molecule has 1 saturated carbocycles. The molecule has 4 aromatic rings. The lowest BCUT2D eigenvalue weighted by Crippen LogP contribution is -2.49. The molecular weight excluding hydrogens is 692 g/mol. The summed E-state index contributed by atoms with van der Waals surface area (Å²) in [7, 11) is 3.21. The standard InChI is InChI=1S/C43H37ClN2O7/c1-43-34(40(49)46(42(43)51)26-7-5-4-6-8-26)23-33-30(38(43)31-17-15-28(47)22-35(31)44)18-19-32-37(33)41(50)45(39(32)48)27-13-10-24(11-14-27)9-12-25-21-29(52-2)16-20-36(25)53-3/h4-18,20-22,32-34,37-38,47H,19,23H2,1-3H3/t32-,33+,34-,37-,38+,43+/m0/s1. The van der Waals surface area contributed by atoms with Crippen molar-refractivity contribution in [2.75, 3.05) is 24.0 Å². The SMILES string of the molecule is COc1ccc(OC)c(C=Cc2ccc(N3C(=O)[C@H]4[C@H](CC=C5[C@H]4C[C@H]4C(=O)N(c6ccccc6)C(=O)[C@@]4(C)[C@H]5c4ccc(O)cc4Cl)C3=O)cc2)c1. The molecule has 0 unspecified atom stereocenters. The molecule has 268 valence electrons. The lowest BCUT2D eigenvalue weighted by molar-refractivity contribution is -0.131. The van der Waals surface area contributed by atoms with Crippen LogP contribution in [0.1, 0.15) is 42.4 Å². The van der Waals surface area contributed by atoms with E-state index in [2.05, 4.69) is 0 Å². The van der Waals surface area contributed by atoms with Crippen molar-refractivity contribution in [1.29, 1.82) is 0 Å². The van der Waals surface area contributed by atoms with E-state index >= 15 is 0 Å². The number of amides is 4. The van der Waals surface area contributed by atoms with Crippen molar-refractivity contribution in [2.45, 2.75) is 25.7 Å². The predicted octanol–water partition coefficient (Wildman–Crippen LogP) is 7.67. The molecule has 0 bridgehead atoms. The minimum atomic E-state index is -1.23. The fourth-order valence-electron chi connectivity index (χ4n) is 9.08. The molecule has 2 saturated heterocycles. The van der Waals surface area contributed by atoms with Crippen LogP contribution in [0.2, 0.25) is 5.02 Å². The average Bonchev–Trinajstić information content (AvgIpc) is 3.54. The number of carbonyl (C=O) groups is 4. The number of phenols is 1. The van der Waals surface area contributed by atoms with Crippen LogP contribution in [0, 0.1) is 29.1 Å². The number of rotatable bonds is 7. The van der Waals surface area contributed by atoms with Crippen molar-refractivity contribution >= 4 is 58.8 Å². The summed E-state index contributed by atoms with van der Waals surface area (Å²) in [6, 6.07) is 26.2. The topological polar surface area (TPSA) is 113 Å². The third-order valence-corrected chi connectivity index (χ3v) is 12.0. The summed E-state index contributed by atoms with van der Waals surface area (Å²) in [5, 5.41) is 10.5. The second kappa shape index (κ2) is 13.1. The zero-order valence-corrected chi connectivity index (χ0v) is 30.1. The van der Waals surface area contributed by atoms with Gasteiger partial charge in [0.1, 0.15) is 17.2 Å². The van der Waals surface area contributed by atoms with Crippen LogP contribution >= 0.6 is 11.6 Å². The number of benzene rings is 4. The number of nitrogens with zero attached hydrogens (tertiary/aromatic N) is 2. The maximum Gasteiger partial charge on any atom is 0.241 e. The molecule has 9 nitrogen and oxygen atoms in total. The van der Waals surface area contributed by atoms with Gasteiger partial charge in [-0.3, -0.25) is 24.1 Å². The third-order valence-electron chi connectivity index (χ3n) is 11.6. The Morgan fingerprint density at radius 1 is 0.792 bits per heavy atom. The first-order valence-corrected chi connectivity index (χ1v) is 17.9. The van der Waals surface area contributed by atoms with Gasteiger partial charge in [0.25, 0.3) is 0 Å². The number of aromatic hydroxyl groups is 1. The van der Waals surface area contributed by atoms with Gasteiger partial charge in [-0.15, -0.1) is 0 Å². The van der Waals surface area contributed by atoms with Crippen LogP contribution in [0.25, 0.3) is 12.2 Å². The van der Waals surface area contributed by atoms with Crippen LogP contribution in [0.4, 0.5) is 11.4 Å². The second-order valence-electron chi connectivity index (χ2n) is 14.2. The number of halogens is 1. The van der Waals surface area contributed by atoms with E-state index in [-0.39, 0.29) is 40.8 Å². The highest BCUT2D eigenvalue weighted by atomic mass is 35.5. The molecule has 2 heterocycles. The smallest absolute Gasteiger partial charge is 0.241 e. The molecule has 2 aliphatic carbocycles. The molecule has 1 N–H and O–H groups in total. The molecule has 4 amide bonds. The summed E-state index contributed by atoms with van der Waals surface area (Å²) in [5.74, 6) is -3.21. The maximum absolute atomic E-state index is 14.5. The number of anilines is 2. The van der Waals surface area contributed by atoms with Gasteiger partial charge in [-0.25, -0.2) is 4.90 Å². The Morgan fingerprint density at radius 3 is 2.23 bits per heavy atom. The minimum Gasteiger partial charge on any atom is -0.508 e. The highest BCUT2D eigenvalue weighted by Crippen LogP contribution is 2.64. The highest BCUT2D eigenvalue weighted by molar-refractivity contribution is 6.32. The van der Waals surface area contributed by atoms with Crippen LogP contribution in [0.3, 0.4) is 0 Å². The number of hydrogen-bond acceptors (Lipinski definition) is 7. The quantitative estimate of drug-likeness (QED) is 0.118. The van der Waals surface area contributed by atoms with Gasteiger partial charge in [-0.1, -0.05) is 71.8 Å². The molecule has 0 radical (unpaired) electrons. The van der Waals surface area contributed by atoms with E-state index in [1.807, 2.05) is 61.5 Å². The lowest BCUT2D eigenvalue weighted by Gasteiger charge is -2.49. The zero-order chi connectivity index (χ0) is 37.2. The molecule has 4 aromatic carbocycles. The summed E-state index contributed by atoms with van der Waals surface area (Å²) in [6.07, 6.45) is 6.34. The monoisotopic (exact) mass is 728 g/mol. The van der Waals surface area contributed by atoms with E-state index < -0.39 is 35.0 Å². The van der Waals surface area contributed by atoms with Crippen LogP contribution < -0.4 is 19.3 Å².